The maximum absolute atomic E-state index is 12.3. The summed E-state index contributed by atoms with van der Waals surface area (Å²) in [6.07, 6.45) is 0.936. The molecular formula is C24H34N3O4+. The third kappa shape index (κ3) is 5.22. The molecule has 1 aliphatic heterocycles. The Labute approximate surface area is 184 Å². The van der Waals surface area contributed by atoms with Gasteiger partial charge in [-0.05, 0) is 55.8 Å². The summed E-state index contributed by atoms with van der Waals surface area (Å²) in [5.74, 6) is 2.30. The maximum atomic E-state index is 12.3. The predicted octanol–water partition coefficient (Wildman–Crippen LogP) is 2.10. The molecule has 0 saturated carbocycles. The molecule has 7 nitrogen and oxygen atoms in total. The van der Waals surface area contributed by atoms with Crippen molar-refractivity contribution in [2.24, 2.45) is 0 Å². The van der Waals surface area contributed by atoms with Crippen molar-refractivity contribution in [2.45, 2.75) is 38.9 Å². The number of fused-ring (bicyclic) bond motifs is 1. The molecule has 2 amide bonds. The number of ether oxygens (including phenoxy) is 3. The number of quaternary nitrogens is 1. The minimum Gasteiger partial charge on any atom is -0.497 e. The summed E-state index contributed by atoms with van der Waals surface area (Å²) < 4.78 is 16.4. The van der Waals surface area contributed by atoms with E-state index in [0.717, 1.165) is 31.0 Å². The van der Waals surface area contributed by atoms with E-state index in [0.29, 0.717) is 12.3 Å². The second-order valence-electron chi connectivity index (χ2n) is 7.86. The largest absolute Gasteiger partial charge is 0.497 e. The van der Waals surface area contributed by atoms with Crippen molar-refractivity contribution >= 4 is 6.03 Å². The van der Waals surface area contributed by atoms with Crippen LogP contribution < -0.4 is 29.7 Å². The molecule has 31 heavy (non-hydrogen) atoms. The maximum Gasteiger partial charge on any atom is 0.315 e. The third-order valence-electron chi connectivity index (χ3n) is 5.92. The van der Waals surface area contributed by atoms with E-state index in [-0.39, 0.29) is 18.1 Å². The van der Waals surface area contributed by atoms with E-state index in [2.05, 4.69) is 41.8 Å². The smallest absolute Gasteiger partial charge is 0.315 e. The number of carbonyl (C=O) groups excluding carboxylic acids is 1. The monoisotopic (exact) mass is 428 g/mol. The molecule has 0 aliphatic carbocycles. The molecule has 1 aliphatic rings. The van der Waals surface area contributed by atoms with Gasteiger partial charge in [0, 0.05) is 24.1 Å². The van der Waals surface area contributed by atoms with Crippen LogP contribution in [0.25, 0.3) is 0 Å². The highest BCUT2D eigenvalue weighted by atomic mass is 16.5. The van der Waals surface area contributed by atoms with Gasteiger partial charge < -0.3 is 29.7 Å². The van der Waals surface area contributed by atoms with Crippen molar-refractivity contribution in [2.75, 3.05) is 34.4 Å². The molecule has 3 rings (SSSR count). The lowest BCUT2D eigenvalue weighted by Crippen LogP contribution is -3.13. The molecule has 0 spiro atoms. The minimum atomic E-state index is -0.147. The summed E-state index contributed by atoms with van der Waals surface area (Å²) in [5.41, 5.74) is 3.66. The molecule has 0 saturated heterocycles. The fourth-order valence-electron chi connectivity index (χ4n) is 4.44. The summed E-state index contributed by atoms with van der Waals surface area (Å²) in [7, 11) is 4.99. The first-order chi connectivity index (χ1) is 15.0. The first-order valence-corrected chi connectivity index (χ1v) is 10.8. The van der Waals surface area contributed by atoms with Crippen LogP contribution in [-0.2, 0) is 13.0 Å². The van der Waals surface area contributed by atoms with Gasteiger partial charge in [0.25, 0.3) is 0 Å². The highest BCUT2D eigenvalue weighted by Gasteiger charge is 2.37. The zero-order valence-electron chi connectivity index (χ0n) is 19.1. The number of nitrogens with one attached hydrogen (secondary N) is 3. The Bertz CT molecular complexity index is 885. The molecule has 2 aromatic rings. The van der Waals surface area contributed by atoms with Crippen LogP contribution in [-0.4, -0.2) is 46.5 Å². The van der Waals surface area contributed by atoms with Crippen LogP contribution in [0.5, 0.6) is 17.2 Å². The molecule has 1 heterocycles. The van der Waals surface area contributed by atoms with Gasteiger partial charge in [0.1, 0.15) is 18.3 Å². The van der Waals surface area contributed by atoms with Crippen LogP contribution >= 0.6 is 0 Å². The average molecular weight is 429 g/mol. The lowest BCUT2D eigenvalue weighted by atomic mass is 9.87. The number of benzene rings is 2. The molecule has 3 N–H and O–H groups in total. The third-order valence-corrected chi connectivity index (χ3v) is 5.92. The Kier molecular flexibility index (Phi) is 7.63. The summed E-state index contributed by atoms with van der Waals surface area (Å²) in [5, 5.41) is 5.97. The van der Waals surface area contributed by atoms with Crippen molar-refractivity contribution in [1.29, 1.82) is 0 Å². The van der Waals surface area contributed by atoms with Crippen LogP contribution in [0.4, 0.5) is 4.79 Å². The van der Waals surface area contributed by atoms with Crippen LogP contribution in [0.2, 0.25) is 0 Å². The fourth-order valence-corrected chi connectivity index (χ4v) is 4.44. The second kappa shape index (κ2) is 10.4. The molecule has 3 atom stereocenters. The molecule has 168 valence electrons. The van der Waals surface area contributed by atoms with Crippen molar-refractivity contribution in [3.8, 4) is 17.2 Å². The summed E-state index contributed by atoms with van der Waals surface area (Å²) >= 11 is 0. The minimum absolute atomic E-state index is 0.0723. The highest BCUT2D eigenvalue weighted by Crippen LogP contribution is 2.35. The molecule has 0 fully saturated rings. The van der Waals surface area contributed by atoms with Crippen LogP contribution in [0, 0.1) is 0 Å². The number of methoxy groups -OCH3 is 3. The summed E-state index contributed by atoms with van der Waals surface area (Å²) in [6, 6.07) is 12.2. The molecule has 0 aromatic heterocycles. The second-order valence-corrected chi connectivity index (χ2v) is 7.86. The molecule has 0 radical (unpaired) electrons. The number of urea groups is 1. The van der Waals surface area contributed by atoms with Crippen LogP contribution in [0.15, 0.2) is 36.4 Å². The van der Waals surface area contributed by atoms with Gasteiger partial charge in [-0.1, -0.05) is 0 Å². The van der Waals surface area contributed by atoms with E-state index in [1.165, 1.54) is 21.6 Å². The van der Waals surface area contributed by atoms with E-state index in [1.54, 1.807) is 21.3 Å². The predicted molar refractivity (Wildman–Crippen MR) is 120 cm³/mol. The Morgan fingerprint density at radius 1 is 1.10 bits per heavy atom. The van der Waals surface area contributed by atoms with E-state index < -0.39 is 0 Å². The van der Waals surface area contributed by atoms with Gasteiger partial charge in [0.15, 0.2) is 11.5 Å². The fraction of sp³-hybridized carbons (Fsp3) is 0.458. The van der Waals surface area contributed by atoms with Gasteiger partial charge in [0.05, 0.1) is 33.9 Å². The van der Waals surface area contributed by atoms with Crippen LogP contribution in [0.1, 0.15) is 36.6 Å². The number of hydrogen-bond donors (Lipinski definition) is 3. The van der Waals surface area contributed by atoms with Crippen molar-refractivity contribution < 1.29 is 23.9 Å². The van der Waals surface area contributed by atoms with Crippen molar-refractivity contribution in [3.05, 3.63) is 53.1 Å². The van der Waals surface area contributed by atoms with E-state index >= 15 is 0 Å². The molecular weight excluding hydrogens is 394 g/mol. The highest BCUT2D eigenvalue weighted by molar-refractivity contribution is 5.74. The van der Waals surface area contributed by atoms with Gasteiger partial charge >= 0.3 is 6.03 Å². The number of amides is 2. The Hall–Kier alpha value is -2.93. The zero-order chi connectivity index (χ0) is 22.4. The Morgan fingerprint density at radius 3 is 2.39 bits per heavy atom. The quantitative estimate of drug-likeness (QED) is 0.602. The summed E-state index contributed by atoms with van der Waals surface area (Å²) in [6.45, 7) is 6.38. The number of rotatable bonds is 8. The van der Waals surface area contributed by atoms with E-state index in [9.17, 15) is 4.79 Å². The zero-order valence-corrected chi connectivity index (χ0v) is 19.1. The first-order valence-electron chi connectivity index (χ1n) is 10.8. The Balaban J connectivity index is 1.95. The van der Waals surface area contributed by atoms with Crippen molar-refractivity contribution in [1.82, 2.24) is 10.6 Å². The average Bonchev–Trinajstić information content (AvgIpc) is 2.78. The molecule has 0 bridgehead atoms. The Morgan fingerprint density at radius 2 is 1.77 bits per heavy atom. The number of carbonyl (C=O) groups is 1. The molecule has 2 aromatic carbocycles. The summed E-state index contributed by atoms with van der Waals surface area (Å²) in [4.78, 5) is 13.7. The normalized spacial score (nSPS) is 18.5. The molecule has 1 unspecified atom stereocenters. The van der Waals surface area contributed by atoms with Gasteiger partial charge in [-0.15, -0.1) is 0 Å². The van der Waals surface area contributed by atoms with Gasteiger partial charge in [-0.25, -0.2) is 4.79 Å². The van der Waals surface area contributed by atoms with Gasteiger partial charge in [-0.2, -0.15) is 0 Å². The topological polar surface area (TPSA) is 73.3 Å². The van der Waals surface area contributed by atoms with Gasteiger partial charge in [0.2, 0.25) is 0 Å². The van der Waals surface area contributed by atoms with Crippen molar-refractivity contribution in [3.63, 3.8) is 0 Å². The van der Waals surface area contributed by atoms with E-state index in [4.69, 9.17) is 14.2 Å². The first kappa shape index (κ1) is 22.7. The lowest BCUT2D eigenvalue weighted by Gasteiger charge is -2.38. The lowest BCUT2D eigenvalue weighted by molar-refractivity contribution is -0.948. The standard InChI is InChI=1S/C24H33N3O4/c1-6-25-24(28)26-16(2)23-20-14-22(31-5)21(30-4)13-18(20)11-12-27(23)15-17-7-9-19(29-3)10-8-17/h7-10,13-14,16,23H,6,11-12,15H2,1-5H3,(H2,25,26,28)/p+1/t16-,23-/m0/s1. The molecule has 7 heteroatoms. The van der Waals surface area contributed by atoms with Gasteiger partial charge in [-0.3, -0.25) is 0 Å². The number of hydrogen-bond acceptors (Lipinski definition) is 4. The SMILES string of the molecule is CCNC(=O)N[C@@H](C)[C@H]1c2cc(OC)c(OC)cc2CC[NH+]1Cc1ccc(OC)cc1. The van der Waals surface area contributed by atoms with E-state index in [1.807, 2.05) is 19.1 Å². The van der Waals surface area contributed by atoms with Crippen LogP contribution in [0.3, 0.4) is 0 Å².